The van der Waals surface area contributed by atoms with Crippen LogP contribution in [0.5, 0.6) is 0 Å². The van der Waals surface area contributed by atoms with Gasteiger partial charge < -0.3 is 10.6 Å². The number of hydrogen-bond acceptors (Lipinski definition) is 2. The van der Waals surface area contributed by atoms with Crippen LogP contribution in [0.15, 0.2) is 24.3 Å². The second-order valence-corrected chi connectivity index (χ2v) is 5.30. The van der Waals surface area contributed by atoms with Gasteiger partial charge in [-0.25, -0.2) is 0 Å². The Morgan fingerprint density at radius 1 is 1.33 bits per heavy atom. The molecular weight excluding hydrogens is 281 g/mol. The van der Waals surface area contributed by atoms with Crippen molar-refractivity contribution in [3.05, 3.63) is 35.4 Å². The number of nitrogens with zero attached hydrogens (tertiary/aromatic N) is 1. The van der Waals surface area contributed by atoms with Gasteiger partial charge in [0.25, 0.3) is 5.91 Å². The molecule has 0 aromatic heterocycles. The molecule has 0 atom stereocenters. The molecule has 0 aliphatic heterocycles. The monoisotopic (exact) mass is 300 g/mol. The summed E-state index contributed by atoms with van der Waals surface area (Å²) in [4.78, 5) is 14.2. The smallest absolute Gasteiger partial charge is 0.336 e. The summed E-state index contributed by atoms with van der Waals surface area (Å²) in [6, 6.07) is 4.75. The molecule has 21 heavy (non-hydrogen) atoms. The van der Waals surface area contributed by atoms with E-state index in [2.05, 4.69) is 0 Å². The first kappa shape index (κ1) is 15.8. The van der Waals surface area contributed by atoms with Crippen LogP contribution in [0.2, 0.25) is 0 Å². The molecular formula is C15H19F3N2O. The van der Waals surface area contributed by atoms with Gasteiger partial charge in [0.2, 0.25) is 0 Å². The molecule has 2 rings (SSSR count). The fraction of sp³-hybridized carbons (Fsp3) is 0.533. The van der Waals surface area contributed by atoms with E-state index in [0.29, 0.717) is 19.5 Å². The molecule has 1 saturated carbocycles. The van der Waals surface area contributed by atoms with E-state index in [-0.39, 0.29) is 17.5 Å². The minimum atomic E-state index is -4.44. The quantitative estimate of drug-likeness (QED) is 0.908. The molecule has 0 saturated heterocycles. The maximum atomic E-state index is 12.7. The molecule has 0 radical (unpaired) electrons. The number of hydrogen-bond donors (Lipinski definition) is 1. The lowest BCUT2D eigenvalue weighted by atomic mass is 9.90. The summed E-state index contributed by atoms with van der Waals surface area (Å²) in [7, 11) is 0. The summed E-state index contributed by atoms with van der Waals surface area (Å²) in [6.07, 6.45) is -0.903. The molecule has 1 fully saturated rings. The van der Waals surface area contributed by atoms with E-state index in [1.807, 2.05) is 0 Å². The van der Waals surface area contributed by atoms with Crippen molar-refractivity contribution < 1.29 is 18.0 Å². The number of amides is 1. The largest absolute Gasteiger partial charge is 0.416 e. The number of rotatable bonds is 5. The summed E-state index contributed by atoms with van der Waals surface area (Å²) in [6.45, 7) is 0.954. The van der Waals surface area contributed by atoms with Crippen molar-refractivity contribution in [2.45, 2.75) is 37.9 Å². The average Bonchev–Trinajstić information content (AvgIpc) is 2.39. The van der Waals surface area contributed by atoms with E-state index < -0.39 is 11.7 Å². The van der Waals surface area contributed by atoms with Crippen LogP contribution in [0.1, 0.15) is 41.6 Å². The van der Waals surface area contributed by atoms with E-state index in [1.54, 1.807) is 4.90 Å². The van der Waals surface area contributed by atoms with Crippen LogP contribution in [0.25, 0.3) is 0 Å². The van der Waals surface area contributed by atoms with E-state index in [1.165, 1.54) is 12.1 Å². The van der Waals surface area contributed by atoms with Crippen molar-refractivity contribution in [1.82, 2.24) is 4.90 Å². The van der Waals surface area contributed by atoms with Crippen LogP contribution in [-0.4, -0.2) is 29.9 Å². The highest BCUT2D eigenvalue weighted by Gasteiger charge is 2.33. The van der Waals surface area contributed by atoms with Gasteiger partial charge >= 0.3 is 6.18 Å². The maximum absolute atomic E-state index is 12.7. The first-order valence-electron chi connectivity index (χ1n) is 7.12. The van der Waals surface area contributed by atoms with Crippen LogP contribution in [0.3, 0.4) is 0 Å². The van der Waals surface area contributed by atoms with Gasteiger partial charge in [-0.2, -0.15) is 13.2 Å². The van der Waals surface area contributed by atoms with Crippen LogP contribution < -0.4 is 5.73 Å². The third-order valence-electron chi connectivity index (χ3n) is 3.82. The van der Waals surface area contributed by atoms with Crippen LogP contribution in [-0.2, 0) is 6.18 Å². The summed E-state index contributed by atoms with van der Waals surface area (Å²) >= 11 is 0. The predicted molar refractivity (Wildman–Crippen MR) is 73.8 cm³/mol. The van der Waals surface area contributed by atoms with Crippen molar-refractivity contribution >= 4 is 5.91 Å². The van der Waals surface area contributed by atoms with Gasteiger partial charge in [0, 0.05) is 18.2 Å². The van der Waals surface area contributed by atoms with Gasteiger partial charge in [0.05, 0.1) is 5.56 Å². The first-order valence-corrected chi connectivity index (χ1v) is 7.12. The zero-order chi connectivity index (χ0) is 15.5. The molecule has 3 nitrogen and oxygen atoms in total. The molecule has 0 spiro atoms. The lowest BCUT2D eigenvalue weighted by Crippen LogP contribution is -2.45. The van der Waals surface area contributed by atoms with Gasteiger partial charge in [-0.05, 0) is 50.4 Å². The highest BCUT2D eigenvalue weighted by Crippen LogP contribution is 2.31. The standard InChI is InChI=1S/C15H19F3N2O/c16-15(17,18)12-5-1-4-11(10-12)14(21)20(9-3-8-19)13-6-2-7-13/h1,4-5,10,13H,2-3,6-9,19H2. The molecule has 1 aromatic carbocycles. The minimum Gasteiger partial charge on any atom is -0.336 e. The number of benzene rings is 1. The maximum Gasteiger partial charge on any atom is 0.416 e. The Morgan fingerprint density at radius 3 is 2.57 bits per heavy atom. The van der Waals surface area contributed by atoms with Gasteiger partial charge in [0.15, 0.2) is 0 Å². The molecule has 1 amide bonds. The highest BCUT2D eigenvalue weighted by molar-refractivity contribution is 5.94. The Balaban J connectivity index is 2.19. The van der Waals surface area contributed by atoms with E-state index in [4.69, 9.17) is 5.73 Å². The Hall–Kier alpha value is -1.56. The minimum absolute atomic E-state index is 0.0914. The van der Waals surface area contributed by atoms with Crippen molar-refractivity contribution in [3.63, 3.8) is 0 Å². The first-order chi connectivity index (χ1) is 9.93. The normalized spacial score (nSPS) is 15.6. The highest BCUT2D eigenvalue weighted by atomic mass is 19.4. The number of carbonyl (C=O) groups is 1. The van der Waals surface area contributed by atoms with Crippen molar-refractivity contribution in [2.24, 2.45) is 5.73 Å². The Bertz CT molecular complexity index is 498. The van der Waals surface area contributed by atoms with Gasteiger partial charge in [-0.1, -0.05) is 6.07 Å². The van der Waals surface area contributed by atoms with Crippen LogP contribution in [0, 0.1) is 0 Å². The molecule has 1 aromatic rings. The summed E-state index contributed by atoms with van der Waals surface area (Å²) in [5, 5.41) is 0. The van der Waals surface area contributed by atoms with Gasteiger partial charge in [-0.3, -0.25) is 4.79 Å². The topological polar surface area (TPSA) is 46.3 Å². The number of halogens is 3. The molecule has 1 aliphatic carbocycles. The average molecular weight is 300 g/mol. The van der Waals surface area contributed by atoms with Crippen LogP contribution >= 0.6 is 0 Å². The Morgan fingerprint density at radius 2 is 2.05 bits per heavy atom. The third-order valence-corrected chi connectivity index (χ3v) is 3.82. The van der Waals surface area contributed by atoms with E-state index in [0.717, 1.165) is 31.4 Å². The fourth-order valence-electron chi connectivity index (χ4n) is 2.40. The van der Waals surface area contributed by atoms with Gasteiger partial charge in [-0.15, -0.1) is 0 Å². The summed E-state index contributed by atoms with van der Waals surface area (Å²) in [5.41, 5.74) is 4.77. The number of alkyl halides is 3. The van der Waals surface area contributed by atoms with E-state index >= 15 is 0 Å². The van der Waals surface area contributed by atoms with E-state index in [9.17, 15) is 18.0 Å². The molecule has 0 bridgehead atoms. The SMILES string of the molecule is NCCCN(C(=O)c1cccc(C(F)(F)F)c1)C1CCC1. The zero-order valence-electron chi connectivity index (χ0n) is 11.7. The zero-order valence-corrected chi connectivity index (χ0v) is 11.7. The van der Waals surface area contributed by atoms with Crippen LogP contribution in [0.4, 0.5) is 13.2 Å². The third kappa shape index (κ3) is 3.75. The lowest BCUT2D eigenvalue weighted by molar-refractivity contribution is -0.137. The molecule has 0 unspecified atom stereocenters. The molecule has 116 valence electrons. The molecule has 1 aliphatic rings. The number of nitrogens with two attached hydrogens (primary N) is 1. The fourth-order valence-corrected chi connectivity index (χ4v) is 2.40. The second kappa shape index (κ2) is 6.47. The summed E-state index contributed by atoms with van der Waals surface area (Å²) in [5.74, 6) is -0.334. The Kier molecular flexibility index (Phi) is 4.88. The molecule has 6 heteroatoms. The number of carbonyl (C=O) groups excluding carboxylic acids is 1. The predicted octanol–water partition coefficient (Wildman–Crippen LogP) is 3.05. The van der Waals surface area contributed by atoms with Crippen molar-refractivity contribution in [3.8, 4) is 0 Å². The molecule has 2 N–H and O–H groups in total. The van der Waals surface area contributed by atoms with Crippen molar-refractivity contribution in [1.29, 1.82) is 0 Å². The lowest BCUT2D eigenvalue weighted by Gasteiger charge is -2.37. The van der Waals surface area contributed by atoms with Gasteiger partial charge in [0.1, 0.15) is 0 Å². The Labute approximate surface area is 121 Å². The second-order valence-electron chi connectivity index (χ2n) is 5.30. The summed E-state index contributed by atoms with van der Waals surface area (Å²) < 4.78 is 38.2. The van der Waals surface area contributed by atoms with Crippen molar-refractivity contribution in [2.75, 3.05) is 13.1 Å². The molecule has 0 heterocycles.